The van der Waals surface area contributed by atoms with E-state index in [2.05, 4.69) is 10.1 Å². The van der Waals surface area contributed by atoms with Crippen molar-refractivity contribution in [1.82, 2.24) is 19.7 Å². The van der Waals surface area contributed by atoms with E-state index in [1.54, 1.807) is 18.7 Å². The highest BCUT2D eigenvalue weighted by Gasteiger charge is 2.23. The molecule has 2 aliphatic rings. The number of anilines is 1. The third kappa shape index (κ3) is 3.92. The molecule has 0 spiro atoms. The minimum absolute atomic E-state index is 0.0332. The summed E-state index contributed by atoms with van der Waals surface area (Å²) < 4.78 is 1.88. The molecule has 0 atom stereocenters. The molecule has 1 aromatic carbocycles. The molecule has 0 radical (unpaired) electrons. The molecule has 3 heterocycles. The van der Waals surface area contributed by atoms with Gasteiger partial charge in [0.1, 0.15) is 12.7 Å². The van der Waals surface area contributed by atoms with Crippen molar-refractivity contribution in [2.75, 3.05) is 24.5 Å². The predicted molar refractivity (Wildman–Crippen MR) is 102 cm³/mol. The molecule has 2 aromatic rings. The van der Waals surface area contributed by atoms with Crippen LogP contribution in [0.25, 0.3) is 6.08 Å². The van der Waals surface area contributed by atoms with Crippen LogP contribution in [0.1, 0.15) is 37.3 Å². The third-order valence-corrected chi connectivity index (χ3v) is 5.28. The van der Waals surface area contributed by atoms with Crippen LogP contribution < -0.4 is 4.90 Å². The van der Waals surface area contributed by atoms with Crippen molar-refractivity contribution in [2.24, 2.45) is 0 Å². The Morgan fingerprint density at radius 3 is 2.52 bits per heavy atom. The number of carbonyl (C=O) groups excluding carboxylic acids is 2. The van der Waals surface area contributed by atoms with E-state index in [1.165, 1.54) is 0 Å². The Labute approximate surface area is 158 Å². The molecule has 0 saturated carbocycles. The van der Waals surface area contributed by atoms with E-state index in [-0.39, 0.29) is 11.8 Å². The van der Waals surface area contributed by atoms with E-state index in [9.17, 15) is 9.59 Å². The first-order valence-electron chi connectivity index (χ1n) is 9.42. The fourth-order valence-electron chi connectivity index (χ4n) is 3.72. The number of rotatable bonds is 4. The molecule has 2 saturated heterocycles. The van der Waals surface area contributed by atoms with Crippen molar-refractivity contribution in [2.45, 2.75) is 31.7 Å². The molecule has 0 aliphatic carbocycles. The first kappa shape index (κ1) is 17.5. The smallest absolute Gasteiger partial charge is 0.246 e. The average Bonchev–Trinajstić information content (AvgIpc) is 3.39. The average molecular weight is 365 g/mol. The Morgan fingerprint density at radius 1 is 1.11 bits per heavy atom. The Bertz CT molecular complexity index is 821. The Hall–Kier alpha value is -2.96. The van der Waals surface area contributed by atoms with Crippen molar-refractivity contribution >= 4 is 23.6 Å². The lowest BCUT2D eigenvalue weighted by atomic mass is 10.1. The van der Waals surface area contributed by atoms with E-state index in [1.807, 2.05) is 44.8 Å². The van der Waals surface area contributed by atoms with E-state index in [0.717, 1.165) is 50.1 Å². The Kier molecular flexibility index (Phi) is 5.00. The number of aromatic nitrogens is 3. The molecule has 27 heavy (non-hydrogen) atoms. The summed E-state index contributed by atoms with van der Waals surface area (Å²) in [5.41, 5.74) is 1.88. The van der Waals surface area contributed by atoms with Gasteiger partial charge >= 0.3 is 0 Å². The van der Waals surface area contributed by atoms with Crippen LogP contribution in [0.3, 0.4) is 0 Å². The zero-order chi connectivity index (χ0) is 18.6. The minimum Gasteiger partial charge on any atom is -0.339 e. The van der Waals surface area contributed by atoms with Gasteiger partial charge in [0, 0.05) is 37.8 Å². The van der Waals surface area contributed by atoms with Gasteiger partial charge in [-0.15, -0.1) is 0 Å². The monoisotopic (exact) mass is 365 g/mol. The molecular formula is C20H23N5O2. The Balaban J connectivity index is 1.31. The lowest BCUT2D eigenvalue weighted by molar-refractivity contribution is -0.127. The number of piperidine rings is 1. The van der Waals surface area contributed by atoms with Gasteiger partial charge in [-0.05, 0) is 43.0 Å². The lowest BCUT2D eigenvalue weighted by Gasteiger charge is -2.31. The maximum atomic E-state index is 12.4. The molecule has 0 bridgehead atoms. The number of amides is 2. The number of benzene rings is 1. The van der Waals surface area contributed by atoms with E-state index >= 15 is 0 Å². The summed E-state index contributed by atoms with van der Waals surface area (Å²) in [6, 6.07) is 8.10. The SMILES string of the molecule is O=C(C=Cc1ccc(N2CCCC2=O)cc1)N1CCC(n2cncn2)CC1. The molecule has 2 fully saturated rings. The number of likely N-dealkylation sites (tertiary alicyclic amines) is 1. The summed E-state index contributed by atoms with van der Waals surface area (Å²) in [5.74, 6) is 0.216. The predicted octanol–water partition coefficient (Wildman–Crippen LogP) is 2.28. The summed E-state index contributed by atoms with van der Waals surface area (Å²) in [4.78, 5) is 31.9. The second-order valence-electron chi connectivity index (χ2n) is 7.01. The second kappa shape index (κ2) is 7.73. The van der Waals surface area contributed by atoms with Crippen LogP contribution in [-0.2, 0) is 9.59 Å². The summed E-state index contributed by atoms with van der Waals surface area (Å²) in [5, 5.41) is 4.19. The fourth-order valence-corrected chi connectivity index (χ4v) is 3.72. The highest BCUT2D eigenvalue weighted by atomic mass is 16.2. The van der Waals surface area contributed by atoms with E-state index in [4.69, 9.17) is 0 Å². The standard InChI is InChI=1S/C20H23N5O2/c26-19(23-12-9-18(10-13-23)25-15-21-14-22-25)8-5-16-3-6-17(7-4-16)24-11-1-2-20(24)27/h3-8,14-15,18H,1-2,9-13H2. The van der Waals surface area contributed by atoms with Crippen molar-refractivity contribution in [3.05, 3.63) is 48.6 Å². The summed E-state index contributed by atoms with van der Waals surface area (Å²) in [6.07, 6.45) is 10.1. The van der Waals surface area contributed by atoms with Crippen LogP contribution in [0.2, 0.25) is 0 Å². The first-order chi connectivity index (χ1) is 13.2. The largest absolute Gasteiger partial charge is 0.339 e. The highest BCUT2D eigenvalue weighted by molar-refractivity contribution is 5.95. The summed E-state index contributed by atoms with van der Waals surface area (Å²) in [7, 11) is 0. The highest BCUT2D eigenvalue weighted by Crippen LogP contribution is 2.23. The van der Waals surface area contributed by atoms with E-state index < -0.39 is 0 Å². The number of nitrogens with zero attached hydrogens (tertiary/aromatic N) is 5. The van der Waals surface area contributed by atoms with Gasteiger partial charge < -0.3 is 9.80 Å². The molecule has 0 unspecified atom stereocenters. The maximum absolute atomic E-state index is 12.4. The van der Waals surface area contributed by atoms with Gasteiger partial charge in [-0.1, -0.05) is 12.1 Å². The molecule has 4 rings (SSSR count). The molecule has 1 aromatic heterocycles. The summed E-state index contributed by atoms with van der Waals surface area (Å²) >= 11 is 0. The van der Waals surface area contributed by atoms with Gasteiger partial charge in [-0.25, -0.2) is 9.67 Å². The third-order valence-electron chi connectivity index (χ3n) is 5.28. The minimum atomic E-state index is 0.0332. The molecule has 2 amide bonds. The van der Waals surface area contributed by atoms with Crippen LogP contribution in [-0.4, -0.2) is 51.1 Å². The summed E-state index contributed by atoms with van der Waals surface area (Å²) in [6.45, 7) is 2.24. The number of carbonyl (C=O) groups is 2. The van der Waals surface area contributed by atoms with Crippen molar-refractivity contribution in [3.63, 3.8) is 0 Å². The lowest BCUT2D eigenvalue weighted by Crippen LogP contribution is -2.38. The van der Waals surface area contributed by atoms with Crippen molar-refractivity contribution in [1.29, 1.82) is 0 Å². The first-order valence-corrected chi connectivity index (χ1v) is 9.42. The molecule has 140 valence electrons. The molecule has 7 heteroatoms. The van der Waals surface area contributed by atoms with E-state index in [0.29, 0.717) is 12.5 Å². The van der Waals surface area contributed by atoms with Crippen LogP contribution in [0.15, 0.2) is 43.0 Å². The quantitative estimate of drug-likeness (QED) is 0.780. The van der Waals surface area contributed by atoms with Crippen LogP contribution in [0.4, 0.5) is 5.69 Å². The van der Waals surface area contributed by atoms with Gasteiger partial charge in [-0.2, -0.15) is 5.10 Å². The fraction of sp³-hybridized carbons (Fsp3) is 0.400. The van der Waals surface area contributed by atoms with Gasteiger partial charge in [0.2, 0.25) is 11.8 Å². The topological polar surface area (TPSA) is 71.3 Å². The number of hydrogen-bond acceptors (Lipinski definition) is 4. The van der Waals surface area contributed by atoms with Gasteiger partial charge in [0.15, 0.2) is 0 Å². The molecule has 2 aliphatic heterocycles. The maximum Gasteiger partial charge on any atom is 0.246 e. The van der Waals surface area contributed by atoms with Gasteiger partial charge in [0.05, 0.1) is 6.04 Å². The van der Waals surface area contributed by atoms with Crippen molar-refractivity contribution in [3.8, 4) is 0 Å². The molecule has 0 N–H and O–H groups in total. The van der Waals surface area contributed by atoms with Crippen LogP contribution in [0.5, 0.6) is 0 Å². The van der Waals surface area contributed by atoms with Crippen LogP contribution in [0, 0.1) is 0 Å². The van der Waals surface area contributed by atoms with Gasteiger partial charge in [0.25, 0.3) is 0 Å². The zero-order valence-corrected chi connectivity index (χ0v) is 15.2. The zero-order valence-electron chi connectivity index (χ0n) is 15.2. The van der Waals surface area contributed by atoms with Gasteiger partial charge in [-0.3, -0.25) is 9.59 Å². The normalized spacial score (nSPS) is 18.6. The Morgan fingerprint density at radius 2 is 1.89 bits per heavy atom. The molecule has 7 nitrogen and oxygen atoms in total. The molecular weight excluding hydrogens is 342 g/mol. The second-order valence-corrected chi connectivity index (χ2v) is 7.01. The van der Waals surface area contributed by atoms with Crippen LogP contribution >= 0.6 is 0 Å². The number of hydrogen-bond donors (Lipinski definition) is 0. The van der Waals surface area contributed by atoms with Crippen molar-refractivity contribution < 1.29 is 9.59 Å².